The molecule has 1 fully saturated rings. The van der Waals surface area contributed by atoms with Gasteiger partial charge >= 0.3 is 11.8 Å². The van der Waals surface area contributed by atoms with Crippen molar-refractivity contribution in [1.82, 2.24) is 19.4 Å². The van der Waals surface area contributed by atoms with Crippen LogP contribution < -0.4 is 15.9 Å². The summed E-state index contributed by atoms with van der Waals surface area (Å²) < 4.78 is 13.5. The maximum atomic E-state index is 13.4. The largest absolute Gasteiger partial charge is 0.461 e. The molecule has 3 aromatic rings. The van der Waals surface area contributed by atoms with Crippen molar-refractivity contribution in [3.05, 3.63) is 63.5 Å². The number of amides is 1. The van der Waals surface area contributed by atoms with Crippen LogP contribution in [0.3, 0.4) is 0 Å². The van der Waals surface area contributed by atoms with Crippen molar-refractivity contribution in [1.29, 1.82) is 0 Å². The van der Waals surface area contributed by atoms with Crippen molar-refractivity contribution in [2.75, 3.05) is 18.0 Å². The molecule has 0 saturated carbocycles. The maximum Gasteiger partial charge on any atom is 0.407 e. The molecule has 1 saturated heterocycles. The van der Waals surface area contributed by atoms with Crippen LogP contribution in [0.4, 0.5) is 16.2 Å². The number of nitrogens with zero attached hydrogens (tertiary/aromatic N) is 5. The minimum atomic E-state index is -0.606. The van der Waals surface area contributed by atoms with Gasteiger partial charge in [-0.1, -0.05) is 24.3 Å². The molecule has 1 aromatic carbocycles. The second kappa shape index (κ2) is 11.0. The molecule has 0 bridgehead atoms. The molecule has 1 aliphatic rings. The van der Waals surface area contributed by atoms with Gasteiger partial charge in [-0.05, 0) is 45.2 Å². The van der Waals surface area contributed by atoms with Crippen LogP contribution >= 0.6 is 0 Å². The van der Waals surface area contributed by atoms with E-state index < -0.39 is 11.7 Å². The second-order valence-corrected chi connectivity index (χ2v) is 10.3. The highest BCUT2D eigenvalue weighted by Gasteiger charge is 2.28. The van der Waals surface area contributed by atoms with Gasteiger partial charge in [-0.25, -0.2) is 19.4 Å². The Kier molecular flexibility index (Phi) is 7.71. The summed E-state index contributed by atoms with van der Waals surface area (Å²) >= 11 is 0. The van der Waals surface area contributed by atoms with Gasteiger partial charge in [-0.2, -0.15) is 0 Å². The number of nitrogens with one attached hydrogen (secondary N) is 1. The SMILES string of the molecule is [C-]#[N+]c1ccccc1Cn1c(=O)n(C)c2nc(COC=O)cc(N3CCC[C@@H](NC(=O)OC(C)(C)C)C3)c21. The third kappa shape index (κ3) is 5.80. The first-order valence-corrected chi connectivity index (χ1v) is 12.5. The van der Waals surface area contributed by atoms with E-state index in [0.717, 1.165) is 24.1 Å². The number of fused-ring (bicyclic) bond motifs is 1. The van der Waals surface area contributed by atoms with Gasteiger partial charge in [0.2, 0.25) is 0 Å². The number of aromatic nitrogens is 3. The van der Waals surface area contributed by atoms with Crippen molar-refractivity contribution in [2.45, 2.75) is 58.4 Å². The minimum Gasteiger partial charge on any atom is -0.461 e. The molecule has 1 aliphatic heterocycles. The van der Waals surface area contributed by atoms with Crippen LogP contribution in [0.15, 0.2) is 35.1 Å². The van der Waals surface area contributed by atoms with Crippen LogP contribution in [0.25, 0.3) is 16.0 Å². The topological polar surface area (TPSA) is 112 Å². The standard InChI is InChI=1S/C27H32N6O5/c1-27(2,3)38-25(35)30-19-10-8-12-32(15-19)22-13-20(16-37-17-34)29-24-23(22)33(26(36)31(24)5)14-18-9-6-7-11-21(18)28-4/h6-7,9,11,13,17,19H,8,10,12,14-16H2,1-3,5H3,(H,30,35)/t19-/m1/s1. The van der Waals surface area contributed by atoms with Crippen molar-refractivity contribution in [3.8, 4) is 0 Å². The van der Waals surface area contributed by atoms with Crippen LogP contribution in [0.5, 0.6) is 0 Å². The average Bonchev–Trinajstić information content (AvgIpc) is 3.11. The average molecular weight is 521 g/mol. The molecule has 0 radical (unpaired) electrons. The number of benzene rings is 1. The lowest BCUT2D eigenvalue weighted by atomic mass is 10.0. The van der Waals surface area contributed by atoms with Crippen molar-refractivity contribution in [3.63, 3.8) is 0 Å². The number of rotatable bonds is 7. The van der Waals surface area contributed by atoms with E-state index in [1.165, 1.54) is 4.57 Å². The van der Waals surface area contributed by atoms with E-state index in [1.54, 1.807) is 23.7 Å². The summed E-state index contributed by atoms with van der Waals surface area (Å²) in [5.41, 5.74) is 2.61. The van der Waals surface area contributed by atoms with E-state index >= 15 is 0 Å². The van der Waals surface area contributed by atoms with Gasteiger partial charge < -0.3 is 19.7 Å². The molecule has 4 rings (SSSR count). The Balaban J connectivity index is 1.77. The molecular weight excluding hydrogens is 488 g/mol. The van der Waals surface area contributed by atoms with E-state index in [4.69, 9.17) is 16.0 Å². The van der Waals surface area contributed by atoms with Gasteiger partial charge in [-0.15, -0.1) is 0 Å². The fraction of sp³-hybridized carbons (Fsp3) is 0.444. The number of aryl methyl sites for hydroxylation is 1. The molecule has 3 heterocycles. The Hall–Kier alpha value is -4.33. The zero-order valence-corrected chi connectivity index (χ0v) is 22.1. The number of carbonyl (C=O) groups excluding carboxylic acids is 2. The highest BCUT2D eigenvalue weighted by molar-refractivity contribution is 5.88. The van der Waals surface area contributed by atoms with Gasteiger partial charge in [0.1, 0.15) is 17.7 Å². The molecule has 11 heteroatoms. The predicted molar refractivity (Wildman–Crippen MR) is 142 cm³/mol. The number of pyridine rings is 1. The molecule has 0 unspecified atom stereocenters. The minimum absolute atomic E-state index is 0.0419. The third-order valence-corrected chi connectivity index (χ3v) is 6.34. The molecule has 1 atom stereocenters. The number of anilines is 1. The van der Waals surface area contributed by atoms with Crippen LogP contribution in [0.1, 0.15) is 44.9 Å². The first kappa shape index (κ1) is 26.7. The van der Waals surface area contributed by atoms with Gasteiger partial charge in [0.25, 0.3) is 6.47 Å². The number of hydrogen-bond donors (Lipinski definition) is 1. The number of carbonyl (C=O) groups is 2. The fourth-order valence-electron chi connectivity index (χ4n) is 4.72. The first-order valence-electron chi connectivity index (χ1n) is 12.5. The Labute approximate surface area is 220 Å². The molecule has 0 aliphatic carbocycles. The number of imidazole rings is 1. The van der Waals surface area contributed by atoms with Crippen molar-refractivity contribution < 1.29 is 19.1 Å². The van der Waals surface area contributed by atoms with E-state index in [-0.39, 0.29) is 24.9 Å². The van der Waals surface area contributed by atoms with Gasteiger partial charge in [0.15, 0.2) is 11.3 Å². The number of ether oxygens (including phenoxy) is 2. The van der Waals surface area contributed by atoms with Crippen molar-refractivity contribution >= 4 is 35.1 Å². The number of alkyl carbamates (subject to hydrolysis) is 1. The van der Waals surface area contributed by atoms with E-state index in [1.807, 2.05) is 39.0 Å². The zero-order chi connectivity index (χ0) is 27.4. The van der Waals surface area contributed by atoms with E-state index in [9.17, 15) is 14.4 Å². The smallest absolute Gasteiger partial charge is 0.407 e. The lowest BCUT2D eigenvalue weighted by Crippen LogP contribution is -2.49. The van der Waals surface area contributed by atoms with Crippen LogP contribution in [0, 0.1) is 6.57 Å². The Bertz CT molecular complexity index is 1450. The van der Waals surface area contributed by atoms with Crippen LogP contribution in [0.2, 0.25) is 0 Å². The quantitative estimate of drug-likeness (QED) is 0.375. The van der Waals surface area contributed by atoms with Gasteiger partial charge in [0, 0.05) is 32.7 Å². The predicted octanol–water partition coefficient (Wildman–Crippen LogP) is 3.50. The van der Waals surface area contributed by atoms with Gasteiger partial charge in [0.05, 0.1) is 18.0 Å². The highest BCUT2D eigenvalue weighted by atomic mass is 16.6. The summed E-state index contributed by atoms with van der Waals surface area (Å²) in [6.45, 7) is 14.7. The molecular formula is C27H32N6O5. The second-order valence-electron chi connectivity index (χ2n) is 10.3. The zero-order valence-electron chi connectivity index (χ0n) is 22.1. The summed E-state index contributed by atoms with van der Waals surface area (Å²) in [5, 5.41) is 2.96. The third-order valence-electron chi connectivity index (χ3n) is 6.34. The van der Waals surface area contributed by atoms with E-state index in [2.05, 4.69) is 20.0 Å². The highest BCUT2D eigenvalue weighted by Crippen LogP contribution is 2.31. The van der Waals surface area contributed by atoms with Crippen molar-refractivity contribution in [2.24, 2.45) is 7.05 Å². The summed E-state index contributed by atoms with van der Waals surface area (Å²) in [6.07, 6.45) is 1.12. The summed E-state index contributed by atoms with van der Waals surface area (Å²) in [4.78, 5) is 47.1. The Morgan fingerprint density at radius 2 is 2.08 bits per heavy atom. The van der Waals surface area contributed by atoms with Crippen LogP contribution in [-0.2, 0) is 34.5 Å². The lowest BCUT2D eigenvalue weighted by Gasteiger charge is -2.35. The van der Waals surface area contributed by atoms with E-state index in [0.29, 0.717) is 42.1 Å². The molecule has 200 valence electrons. The van der Waals surface area contributed by atoms with Gasteiger partial charge in [-0.3, -0.25) is 13.9 Å². The Morgan fingerprint density at radius 3 is 2.79 bits per heavy atom. The number of hydrogen-bond acceptors (Lipinski definition) is 7. The maximum absolute atomic E-state index is 13.4. The molecule has 0 spiro atoms. The summed E-state index contributed by atoms with van der Waals surface area (Å²) in [5.74, 6) is 0. The summed E-state index contributed by atoms with van der Waals surface area (Å²) in [6, 6.07) is 8.84. The molecule has 2 aromatic heterocycles. The monoisotopic (exact) mass is 520 g/mol. The molecule has 38 heavy (non-hydrogen) atoms. The Morgan fingerprint density at radius 1 is 1.32 bits per heavy atom. The molecule has 1 amide bonds. The number of piperidine rings is 1. The first-order chi connectivity index (χ1) is 18.1. The van der Waals surface area contributed by atoms with Crippen LogP contribution in [-0.4, -0.2) is 51.4 Å². The normalized spacial score (nSPS) is 15.7. The lowest BCUT2D eigenvalue weighted by molar-refractivity contribution is -0.129. The number of para-hydroxylation sites is 1. The molecule has 11 nitrogen and oxygen atoms in total. The fourth-order valence-corrected chi connectivity index (χ4v) is 4.72. The summed E-state index contributed by atoms with van der Waals surface area (Å²) in [7, 11) is 1.64. The molecule has 1 N–H and O–H groups in total.